The fourth-order valence-electron chi connectivity index (χ4n) is 4.73. The Balaban J connectivity index is 1.70. The molecular formula is C24H30N2O4S. The average molecular weight is 443 g/mol. The van der Waals surface area contributed by atoms with Gasteiger partial charge >= 0.3 is 0 Å². The standard InChI is InChI=1S/C24H30N2O4S/c1-17-12-13-22(30-3)23-21(17)11-7-14-25(23)24(27)19-9-6-10-20(16-19)31(28,29)26-15-5-4-8-18(26)2/h6,9-10,12-13,16,18H,4-5,7-8,11,14-15H2,1-3H3. The summed E-state index contributed by atoms with van der Waals surface area (Å²) in [6.45, 7) is 5.09. The molecule has 0 aromatic heterocycles. The van der Waals surface area contributed by atoms with E-state index in [4.69, 9.17) is 4.74 Å². The maximum Gasteiger partial charge on any atom is 0.258 e. The van der Waals surface area contributed by atoms with Crippen LogP contribution in [-0.2, 0) is 16.4 Å². The lowest BCUT2D eigenvalue weighted by Crippen LogP contribution is -2.42. The molecule has 2 aliphatic heterocycles. The van der Waals surface area contributed by atoms with E-state index in [2.05, 4.69) is 0 Å². The van der Waals surface area contributed by atoms with E-state index in [-0.39, 0.29) is 16.8 Å². The predicted molar refractivity (Wildman–Crippen MR) is 121 cm³/mol. The number of hydrogen-bond donors (Lipinski definition) is 0. The highest BCUT2D eigenvalue weighted by atomic mass is 32.2. The molecule has 2 heterocycles. The highest BCUT2D eigenvalue weighted by Gasteiger charge is 2.32. The number of methoxy groups -OCH3 is 1. The largest absolute Gasteiger partial charge is 0.495 e. The number of benzene rings is 2. The minimum absolute atomic E-state index is 0.0284. The van der Waals surface area contributed by atoms with Crippen molar-refractivity contribution < 1.29 is 17.9 Å². The smallest absolute Gasteiger partial charge is 0.258 e. The molecule has 2 aliphatic rings. The zero-order valence-electron chi connectivity index (χ0n) is 18.4. The van der Waals surface area contributed by atoms with Crippen LogP contribution in [0.15, 0.2) is 41.3 Å². The quantitative estimate of drug-likeness (QED) is 0.713. The van der Waals surface area contributed by atoms with E-state index in [1.807, 2.05) is 26.0 Å². The molecule has 2 aromatic carbocycles. The number of piperidine rings is 1. The Bertz CT molecular complexity index is 1100. The molecular weight excluding hydrogens is 412 g/mol. The zero-order valence-corrected chi connectivity index (χ0v) is 19.2. The van der Waals surface area contributed by atoms with Gasteiger partial charge in [0.15, 0.2) is 0 Å². The van der Waals surface area contributed by atoms with E-state index >= 15 is 0 Å². The molecule has 1 fully saturated rings. The van der Waals surface area contributed by atoms with Gasteiger partial charge in [0, 0.05) is 24.7 Å². The fraction of sp³-hybridized carbons (Fsp3) is 0.458. The van der Waals surface area contributed by atoms with Crippen LogP contribution in [0.5, 0.6) is 5.75 Å². The number of carbonyl (C=O) groups excluding carboxylic acids is 1. The third-order valence-electron chi connectivity index (χ3n) is 6.45. The molecule has 0 spiro atoms. The number of ether oxygens (including phenoxy) is 1. The number of carbonyl (C=O) groups is 1. The van der Waals surface area contributed by atoms with Gasteiger partial charge < -0.3 is 9.64 Å². The second-order valence-corrected chi connectivity index (χ2v) is 10.4. The topological polar surface area (TPSA) is 66.9 Å². The summed E-state index contributed by atoms with van der Waals surface area (Å²) >= 11 is 0. The molecule has 7 heteroatoms. The van der Waals surface area contributed by atoms with Crippen LogP contribution in [-0.4, -0.2) is 44.9 Å². The number of nitrogens with zero attached hydrogens (tertiary/aromatic N) is 2. The van der Waals surface area contributed by atoms with Crippen LogP contribution in [0.1, 0.15) is 54.1 Å². The van der Waals surface area contributed by atoms with E-state index < -0.39 is 10.0 Å². The summed E-state index contributed by atoms with van der Waals surface area (Å²) in [7, 11) is -2.03. The summed E-state index contributed by atoms with van der Waals surface area (Å²) in [4.78, 5) is 15.4. The summed E-state index contributed by atoms with van der Waals surface area (Å²) in [5.74, 6) is 0.466. The highest BCUT2D eigenvalue weighted by Crippen LogP contribution is 2.39. The minimum Gasteiger partial charge on any atom is -0.495 e. The molecule has 166 valence electrons. The second-order valence-electron chi connectivity index (χ2n) is 8.46. The van der Waals surface area contributed by atoms with E-state index in [0.29, 0.717) is 24.4 Å². The lowest BCUT2D eigenvalue weighted by atomic mass is 9.95. The van der Waals surface area contributed by atoms with Gasteiger partial charge in [0.2, 0.25) is 10.0 Å². The molecule has 0 bridgehead atoms. The molecule has 1 atom stereocenters. The molecule has 2 aromatic rings. The first-order valence-corrected chi connectivity index (χ1v) is 12.4. The van der Waals surface area contributed by atoms with Gasteiger partial charge in [-0.2, -0.15) is 4.31 Å². The van der Waals surface area contributed by atoms with Gasteiger partial charge in [0.1, 0.15) is 5.75 Å². The molecule has 4 rings (SSSR count). The first-order valence-electron chi connectivity index (χ1n) is 10.9. The van der Waals surface area contributed by atoms with Crippen molar-refractivity contribution in [3.63, 3.8) is 0 Å². The van der Waals surface area contributed by atoms with Gasteiger partial charge in [0.05, 0.1) is 17.7 Å². The average Bonchev–Trinajstić information content (AvgIpc) is 2.79. The van der Waals surface area contributed by atoms with Crippen molar-refractivity contribution in [2.75, 3.05) is 25.1 Å². The summed E-state index contributed by atoms with van der Waals surface area (Å²) in [5.41, 5.74) is 3.42. The number of hydrogen-bond acceptors (Lipinski definition) is 4. The molecule has 1 saturated heterocycles. The van der Waals surface area contributed by atoms with Crippen molar-refractivity contribution in [1.82, 2.24) is 4.31 Å². The molecule has 1 unspecified atom stereocenters. The summed E-state index contributed by atoms with van der Waals surface area (Å²) in [5, 5.41) is 0. The highest BCUT2D eigenvalue weighted by molar-refractivity contribution is 7.89. The number of sulfonamides is 1. The Hall–Kier alpha value is -2.38. The van der Waals surface area contributed by atoms with Crippen molar-refractivity contribution in [2.24, 2.45) is 0 Å². The fourth-order valence-corrected chi connectivity index (χ4v) is 6.48. The minimum atomic E-state index is -3.64. The summed E-state index contributed by atoms with van der Waals surface area (Å²) in [6.07, 6.45) is 4.52. The number of amides is 1. The molecule has 0 radical (unpaired) electrons. The van der Waals surface area contributed by atoms with Gasteiger partial charge in [-0.25, -0.2) is 8.42 Å². The van der Waals surface area contributed by atoms with Crippen LogP contribution in [0.4, 0.5) is 5.69 Å². The Morgan fingerprint density at radius 2 is 1.90 bits per heavy atom. The molecule has 31 heavy (non-hydrogen) atoms. The second kappa shape index (κ2) is 8.63. The van der Waals surface area contributed by atoms with Crippen LogP contribution in [0.25, 0.3) is 0 Å². The van der Waals surface area contributed by atoms with Crippen LogP contribution >= 0.6 is 0 Å². The Kier molecular flexibility index (Phi) is 6.08. The number of rotatable bonds is 4. The SMILES string of the molecule is COc1ccc(C)c2c1N(C(=O)c1cccc(S(=O)(=O)N3CCCCC3C)c1)CCC2. The lowest BCUT2D eigenvalue weighted by molar-refractivity contribution is 0.0984. The van der Waals surface area contributed by atoms with Crippen molar-refractivity contribution in [3.8, 4) is 5.75 Å². The Labute approximate surface area is 184 Å². The maximum absolute atomic E-state index is 13.5. The van der Waals surface area contributed by atoms with Crippen LogP contribution in [0.3, 0.4) is 0 Å². The van der Waals surface area contributed by atoms with Crippen LogP contribution in [0.2, 0.25) is 0 Å². The van der Waals surface area contributed by atoms with Crippen molar-refractivity contribution in [1.29, 1.82) is 0 Å². The van der Waals surface area contributed by atoms with Gasteiger partial charge in [-0.3, -0.25) is 4.79 Å². The van der Waals surface area contributed by atoms with Crippen molar-refractivity contribution in [2.45, 2.75) is 56.9 Å². The number of aryl methyl sites for hydroxylation is 1. The van der Waals surface area contributed by atoms with Crippen molar-refractivity contribution >= 4 is 21.6 Å². The number of anilines is 1. The van der Waals surface area contributed by atoms with Gasteiger partial charge in [-0.15, -0.1) is 0 Å². The monoisotopic (exact) mass is 442 g/mol. The first kappa shape index (κ1) is 21.8. The van der Waals surface area contributed by atoms with Crippen LogP contribution in [0, 0.1) is 6.92 Å². The molecule has 0 N–H and O–H groups in total. The van der Waals surface area contributed by atoms with Crippen molar-refractivity contribution in [3.05, 3.63) is 53.1 Å². The lowest BCUT2D eigenvalue weighted by Gasteiger charge is -2.33. The van der Waals surface area contributed by atoms with Gasteiger partial charge in [0.25, 0.3) is 5.91 Å². The predicted octanol–water partition coefficient (Wildman–Crippen LogP) is 4.16. The maximum atomic E-state index is 13.5. The Morgan fingerprint density at radius 3 is 2.65 bits per heavy atom. The van der Waals surface area contributed by atoms with Gasteiger partial charge in [-0.05, 0) is 74.9 Å². The van der Waals surface area contributed by atoms with Crippen LogP contribution < -0.4 is 9.64 Å². The molecule has 0 saturated carbocycles. The summed E-state index contributed by atoms with van der Waals surface area (Å²) < 4.78 is 33.7. The molecule has 1 amide bonds. The molecule has 6 nitrogen and oxygen atoms in total. The number of fused-ring (bicyclic) bond motifs is 1. The van der Waals surface area contributed by atoms with E-state index in [1.165, 1.54) is 6.07 Å². The van der Waals surface area contributed by atoms with E-state index in [9.17, 15) is 13.2 Å². The zero-order chi connectivity index (χ0) is 22.2. The first-order chi connectivity index (χ1) is 14.8. The van der Waals surface area contributed by atoms with E-state index in [1.54, 1.807) is 34.5 Å². The normalized spacial score (nSPS) is 19.7. The molecule has 0 aliphatic carbocycles. The Morgan fingerprint density at radius 1 is 1.10 bits per heavy atom. The van der Waals surface area contributed by atoms with Gasteiger partial charge in [-0.1, -0.05) is 18.6 Å². The third kappa shape index (κ3) is 3.96. The summed E-state index contributed by atoms with van der Waals surface area (Å²) in [6, 6.07) is 10.3. The van der Waals surface area contributed by atoms with E-state index in [0.717, 1.165) is 48.9 Å². The third-order valence-corrected chi connectivity index (χ3v) is 8.46.